The predicted octanol–water partition coefficient (Wildman–Crippen LogP) is 1.69. The summed E-state index contributed by atoms with van der Waals surface area (Å²) in [5, 5.41) is 3.24. The standard InChI is InChI=1S/C18H30BN4O/c1-15(2)19-14-22-7-3-18(4-8-22)5-9-23(10-6-18)17-20-11-16(13-24)12-21-17/h11-13,15,17,20H,3-10,14H2,1-2H3. The topological polar surface area (TPSA) is 47.9 Å². The third-order valence-corrected chi connectivity index (χ3v) is 5.86. The first-order valence-electron chi connectivity index (χ1n) is 9.35. The Hall–Kier alpha value is -1.14. The molecule has 3 aliphatic rings. The van der Waals surface area contributed by atoms with Crippen molar-refractivity contribution in [1.82, 2.24) is 15.1 Å². The van der Waals surface area contributed by atoms with E-state index in [4.69, 9.17) is 0 Å². The summed E-state index contributed by atoms with van der Waals surface area (Å²) in [5.41, 5.74) is 1.16. The van der Waals surface area contributed by atoms with Crippen LogP contribution in [0.2, 0.25) is 5.82 Å². The van der Waals surface area contributed by atoms with E-state index in [-0.39, 0.29) is 6.29 Å². The fourth-order valence-electron chi connectivity index (χ4n) is 3.98. The van der Waals surface area contributed by atoms with Crippen LogP contribution in [0.4, 0.5) is 0 Å². The molecule has 0 aliphatic carbocycles. The largest absolute Gasteiger partial charge is 0.357 e. The number of piperidine rings is 2. The second-order valence-corrected chi connectivity index (χ2v) is 7.90. The smallest absolute Gasteiger partial charge is 0.175 e. The van der Waals surface area contributed by atoms with Crippen molar-refractivity contribution in [2.45, 2.75) is 51.6 Å². The Morgan fingerprint density at radius 2 is 1.96 bits per heavy atom. The number of rotatable bonds is 5. The minimum absolute atomic E-state index is 0.00628. The van der Waals surface area contributed by atoms with Gasteiger partial charge in [0, 0.05) is 31.1 Å². The van der Waals surface area contributed by atoms with Gasteiger partial charge in [-0.1, -0.05) is 19.7 Å². The summed E-state index contributed by atoms with van der Waals surface area (Å²) in [7, 11) is 2.43. The summed E-state index contributed by atoms with van der Waals surface area (Å²) in [5.74, 6) is 0.682. The molecule has 1 spiro atoms. The van der Waals surface area contributed by atoms with Gasteiger partial charge in [0.1, 0.15) is 7.28 Å². The summed E-state index contributed by atoms with van der Waals surface area (Å²) in [6.07, 6.45) is 10.7. The van der Waals surface area contributed by atoms with Crippen molar-refractivity contribution in [3.63, 3.8) is 0 Å². The number of likely N-dealkylation sites (tertiary alicyclic amines) is 2. The Bertz CT molecular complexity index is 487. The minimum atomic E-state index is 0.00628. The number of carbonyl (C=O) groups is 1. The van der Waals surface area contributed by atoms with Crippen molar-refractivity contribution >= 4 is 19.8 Å². The summed E-state index contributed by atoms with van der Waals surface area (Å²) >= 11 is 0. The molecule has 3 heterocycles. The molecule has 1 N–H and O–H groups in total. The second-order valence-electron chi connectivity index (χ2n) is 7.90. The molecule has 0 aromatic carbocycles. The Kier molecular flexibility index (Phi) is 5.77. The molecule has 6 heteroatoms. The van der Waals surface area contributed by atoms with E-state index in [2.05, 4.69) is 41.2 Å². The molecule has 0 saturated carbocycles. The van der Waals surface area contributed by atoms with E-state index in [9.17, 15) is 4.79 Å². The number of allylic oxidation sites excluding steroid dienone is 1. The quantitative estimate of drug-likeness (QED) is 0.616. The number of hydrogen-bond donors (Lipinski definition) is 1. The van der Waals surface area contributed by atoms with Gasteiger partial charge in [0.25, 0.3) is 0 Å². The maximum Gasteiger partial charge on any atom is 0.175 e. The van der Waals surface area contributed by atoms with Crippen LogP contribution in [0.25, 0.3) is 0 Å². The van der Waals surface area contributed by atoms with E-state index in [1.807, 2.05) is 0 Å². The Morgan fingerprint density at radius 1 is 1.29 bits per heavy atom. The van der Waals surface area contributed by atoms with Gasteiger partial charge in [0.05, 0.1) is 0 Å². The molecule has 0 aromatic heterocycles. The number of aldehydes is 1. The lowest BCUT2D eigenvalue weighted by atomic mass is 9.65. The molecular weight excluding hydrogens is 299 g/mol. The molecular formula is C18H30BN4O. The number of nitrogens with one attached hydrogen (secondary N) is 1. The van der Waals surface area contributed by atoms with Crippen molar-refractivity contribution in [2.75, 3.05) is 32.6 Å². The van der Waals surface area contributed by atoms with Crippen LogP contribution in [-0.2, 0) is 4.79 Å². The zero-order valence-electron chi connectivity index (χ0n) is 15.1. The van der Waals surface area contributed by atoms with E-state index in [1.165, 1.54) is 38.8 Å². The van der Waals surface area contributed by atoms with Gasteiger partial charge in [0.2, 0.25) is 0 Å². The Labute approximate surface area is 146 Å². The average molecular weight is 329 g/mol. The maximum atomic E-state index is 10.7. The number of carbonyl (C=O) groups excluding carboxylic acids is 1. The number of aliphatic imine (C=N–C) groups is 1. The van der Waals surface area contributed by atoms with Crippen molar-refractivity contribution in [1.29, 1.82) is 0 Å². The van der Waals surface area contributed by atoms with Crippen LogP contribution >= 0.6 is 0 Å². The van der Waals surface area contributed by atoms with Crippen molar-refractivity contribution in [3.8, 4) is 0 Å². The SMILES string of the molecule is CC(C)[B]CN1CCC2(CC1)CCN(C1N=CC(C=O)=CN1)CC2. The highest BCUT2D eigenvalue weighted by molar-refractivity contribution is 6.37. The highest BCUT2D eigenvalue weighted by atomic mass is 16.1. The van der Waals surface area contributed by atoms with Gasteiger partial charge in [-0.3, -0.25) is 14.7 Å². The molecule has 0 aromatic rings. The maximum absolute atomic E-state index is 10.7. The van der Waals surface area contributed by atoms with Gasteiger partial charge in [-0.25, -0.2) is 0 Å². The minimum Gasteiger partial charge on any atom is -0.357 e. The Morgan fingerprint density at radius 3 is 2.50 bits per heavy atom. The van der Waals surface area contributed by atoms with Crippen LogP contribution in [0.15, 0.2) is 16.8 Å². The third kappa shape index (κ3) is 4.28. The van der Waals surface area contributed by atoms with Crippen molar-refractivity contribution in [2.24, 2.45) is 10.4 Å². The molecule has 1 atom stereocenters. The molecule has 1 unspecified atom stereocenters. The third-order valence-electron chi connectivity index (χ3n) is 5.86. The lowest BCUT2D eigenvalue weighted by molar-refractivity contribution is -0.104. The van der Waals surface area contributed by atoms with Crippen LogP contribution in [0.3, 0.4) is 0 Å². The van der Waals surface area contributed by atoms with Crippen LogP contribution in [-0.4, -0.2) is 68.5 Å². The fourth-order valence-corrected chi connectivity index (χ4v) is 3.98. The lowest BCUT2D eigenvalue weighted by Gasteiger charge is -2.48. The van der Waals surface area contributed by atoms with E-state index >= 15 is 0 Å². The van der Waals surface area contributed by atoms with E-state index < -0.39 is 0 Å². The zero-order valence-corrected chi connectivity index (χ0v) is 15.1. The molecule has 131 valence electrons. The lowest BCUT2D eigenvalue weighted by Crippen LogP contribution is -2.52. The molecule has 2 fully saturated rings. The van der Waals surface area contributed by atoms with Crippen molar-refractivity contribution in [3.05, 3.63) is 11.8 Å². The molecule has 0 bridgehead atoms. The highest BCUT2D eigenvalue weighted by Crippen LogP contribution is 2.41. The van der Waals surface area contributed by atoms with Gasteiger partial charge < -0.3 is 10.2 Å². The molecule has 0 amide bonds. The van der Waals surface area contributed by atoms with Gasteiger partial charge in [-0.2, -0.15) is 0 Å². The molecule has 5 nitrogen and oxygen atoms in total. The number of nitrogens with zero attached hydrogens (tertiary/aromatic N) is 3. The predicted molar refractivity (Wildman–Crippen MR) is 99.3 cm³/mol. The first-order chi connectivity index (χ1) is 11.6. The molecule has 2 saturated heterocycles. The van der Waals surface area contributed by atoms with Crippen LogP contribution < -0.4 is 5.32 Å². The number of hydrogen-bond acceptors (Lipinski definition) is 5. The molecule has 3 rings (SSSR count). The van der Waals surface area contributed by atoms with Crippen molar-refractivity contribution < 1.29 is 4.79 Å². The molecule has 1 radical (unpaired) electrons. The van der Waals surface area contributed by atoms with Gasteiger partial charge in [-0.05, 0) is 50.6 Å². The highest BCUT2D eigenvalue weighted by Gasteiger charge is 2.38. The van der Waals surface area contributed by atoms with Gasteiger partial charge >= 0.3 is 0 Å². The van der Waals surface area contributed by atoms with E-state index in [1.54, 1.807) is 12.4 Å². The molecule has 24 heavy (non-hydrogen) atoms. The Balaban J connectivity index is 1.43. The summed E-state index contributed by atoms with van der Waals surface area (Å²) < 4.78 is 0. The second kappa shape index (κ2) is 7.83. The molecule has 3 aliphatic heterocycles. The average Bonchev–Trinajstić information content (AvgIpc) is 2.62. The fraction of sp³-hybridized carbons (Fsp3) is 0.778. The van der Waals surface area contributed by atoms with Gasteiger partial charge in [-0.15, -0.1) is 0 Å². The van der Waals surface area contributed by atoms with Crippen LogP contribution in [0, 0.1) is 5.41 Å². The summed E-state index contributed by atoms with van der Waals surface area (Å²) in [6.45, 7) is 9.20. The van der Waals surface area contributed by atoms with Crippen LogP contribution in [0.5, 0.6) is 0 Å². The van der Waals surface area contributed by atoms with E-state index in [0.29, 0.717) is 16.8 Å². The van der Waals surface area contributed by atoms with Gasteiger partial charge in [0.15, 0.2) is 12.6 Å². The normalized spacial score (nSPS) is 27.8. The summed E-state index contributed by atoms with van der Waals surface area (Å²) in [6, 6.07) is 0. The first-order valence-corrected chi connectivity index (χ1v) is 9.35. The van der Waals surface area contributed by atoms with Crippen LogP contribution in [0.1, 0.15) is 39.5 Å². The summed E-state index contributed by atoms with van der Waals surface area (Å²) in [4.78, 5) is 20.2. The first kappa shape index (κ1) is 17.7. The van der Waals surface area contributed by atoms with E-state index in [0.717, 1.165) is 25.8 Å². The zero-order chi connectivity index (χ0) is 17.0. The monoisotopic (exact) mass is 329 g/mol.